The first kappa shape index (κ1) is 12.9. The molecule has 3 N–H and O–H groups in total. The van der Waals surface area contributed by atoms with E-state index in [1.807, 2.05) is 0 Å². The number of para-hydroxylation sites is 1. The van der Waals surface area contributed by atoms with Crippen LogP contribution in [0.25, 0.3) is 0 Å². The van der Waals surface area contributed by atoms with Gasteiger partial charge in [0.2, 0.25) is 0 Å². The first-order chi connectivity index (χ1) is 9.00. The topological polar surface area (TPSA) is 55.1 Å². The zero-order valence-corrected chi connectivity index (χ0v) is 9.58. The van der Waals surface area contributed by atoms with Crippen molar-refractivity contribution < 1.29 is 18.0 Å². The molecule has 0 aromatic heterocycles. The minimum absolute atomic E-state index is 0.117. The van der Waals surface area contributed by atoms with E-state index in [0.717, 1.165) is 12.1 Å². The summed E-state index contributed by atoms with van der Waals surface area (Å²) in [5.41, 5.74) is 5.44. The van der Waals surface area contributed by atoms with Gasteiger partial charge in [0.15, 0.2) is 17.5 Å². The van der Waals surface area contributed by atoms with E-state index in [4.69, 9.17) is 5.73 Å². The maximum atomic E-state index is 13.4. The van der Waals surface area contributed by atoms with Gasteiger partial charge in [0.05, 0.1) is 11.3 Å². The average molecular weight is 266 g/mol. The molecule has 0 aliphatic heterocycles. The van der Waals surface area contributed by atoms with Crippen LogP contribution in [0.1, 0.15) is 10.4 Å². The van der Waals surface area contributed by atoms with Gasteiger partial charge in [-0.25, -0.2) is 13.2 Å². The van der Waals surface area contributed by atoms with E-state index < -0.39 is 29.0 Å². The molecular weight excluding hydrogens is 257 g/mol. The van der Waals surface area contributed by atoms with Crippen LogP contribution in [0.4, 0.5) is 24.5 Å². The molecule has 2 aromatic rings. The summed E-state index contributed by atoms with van der Waals surface area (Å²) < 4.78 is 39.1. The molecular formula is C13H9F3N2O. The van der Waals surface area contributed by atoms with Gasteiger partial charge in [0, 0.05) is 5.69 Å². The number of nitrogens with two attached hydrogens (primary N) is 1. The Hall–Kier alpha value is -2.50. The van der Waals surface area contributed by atoms with Crippen molar-refractivity contribution in [1.82, 2.24) is 0 Å². The van der Waals surface area contributed by atoms with Crippen molar-refractivity contribution in [3.05, 3.63) is 59.4 Å². The standard InChI is InChI=1S/C13H9F3N2O/c14-8-5-6-10(12(16)11(8)15)18-13(19)7-3-1-2-4-9(7)17/h1-6H,17H2,(H,18,19). The van der Waals surface area contributed by atoms with E-state index in [2.05, 4.69) is 5.32 Å². The van der Waals surface area contributed by atoms with Crippen LogP contribution in [0.5, 0.6) is 0 Å². The van der Waals surface area contributed by atoms with Crippen LogP contribution < -0.4 is 11.1 Å². The molecule has 2 rings (SSSR count). The van der Waals surface area contributed by atoms with Gasteiger partial charge >= 0.3 is 0 Å². The van der Waals surface area contributed by atoms with Crippen molar-refractivity contribution in [3.63, 3.8) is 0 Å². The Morgan fingerprint density at radius 3 is 2.37 bits per heavy atom. The maximum Gasteiger partial charge on any atom is 0.257 e. The zero-order chi connectivity index (χ0) is 14.0. The first-order valence-corrected chi connectivity index (χ1v) is 5.30. The smallest absolute Gasteiger partial charge is 0.257 e. The number of halogens is 3. The van der Waals surface area contributed by atoms with Crippen molar-refractivity contribution in [2.45, 2.75) is 0 Å². The van der Waals surface area contributed by atoms with E-state index >= 15 is 0 Å². The highest BCUT2D eigenvalue weighted by Gasteiger charge is 2.16. The molecule has 0 saturated carbocycles. The molecule has 0 radical (unpaired) electrons. The third kappa shape index (κ3) is 2.52. The highest BCUT2D eigenvalue weighted by atomic mass is 19.2. The van der Waals surface area contributed by atoms with Gasteiger partial charge in [-0.15, -0.1) is 0 Å². The van der Waals surface area contributed by atoms with Crippen molar-refractivity contribution in [2.24, 2.45) is 0 Å². The highest BCUT2D eigenvalue weighted by Crippen LogP contribution is 2.21. The van der Waals surface area contributed by atoms with Crippen molar-refractivity contribution in [3.8, 4) is 0 Å². The normalized spacial score (nSPS) is 10.3. The van der Waals surface area contributed by atoms with E-state index in [9.17, 15) is 18.0 Å². The Labute approximate surface area is 106 Å². The summed E-state index contributed by atoms with van der Waals surface area (Å²) in [4.78, 5) is 11.8. The number of carbonyl (C=O) groups is 1. The van der Waals surface area contributed by atoms with Crippen molar-refractivity contribution >= 4 is 17.3 Å². The lowest BCUT2D eigenvalue weighted by atomic mass is 10.1. The fourth-order valence-electron chi connectivity index (χ4n) is 1.52. The molecule has 0 spiro atoms. The number of anilines is 2. The monoisotopic (exact) mass is 266 g/mol. The molecule has 0 unspecified atom stereocenters. The number of benzene rings is 2. The van der Waals surface area contributed by atoms with Crippen LogP contribution >= 0.6 is 0 Å². The summed E-state index contributed by atoms with van der Waals surface area (Å²) >= 11 is 0. The maximum absolute atomic E-state index is 13.4. The van der Waals surface area contributed by atoms with Gasteiger partial charge in [0.25, 0.3) is 5.91 Å². The van der Waals surface area contributed by atoms with Crippen LogP contribution in [-0.4, -0.2) is 5.91 Å². The highest BCUT2D eigenvalue weighted by molar-refractivity contribution is 6.07. The second-order valence-corrected chi connectivity index (χ2v) is 3.76. The Morgan fingerprint density at radius 2 is 1.68 bits per heavy atom. The Morgan fingerprint density at radius 1 is 1.00 bits per heavy atom. The molecule has 0 atom stereocenters. The Balaban J connectivity index is 2.30. The van der Waals surface area contributed by atoms with Gasteiger partial charge < -0.3 is 11.1 Å². The number of nitrogen functional groups attached to an aromatic ring is 1. The SMILES string of the molecule is Nc1ccccc1C(=O)Nc1ccc(F)c(F)c1F. The predicted octanol–water partition coefficient (Wildman–Crippen LogP) is 2.94. The lowest BCUT2D eigenvalue weighted by Gasteiger charge is -2.08. The minimum atomic E-state index is -1.64. The second-order valence-electron chi connectivity index (χ2n) is 3.76. The molecule has 0 aliphatic rings. The molecule has 0 aliphatic carbocycles. The molecule has 3 nitrogen and oxygen atoms in total. The quantitative estimate of drug-likeness (QED) is 0.648. The molecule has 2 aromatic carbocycles. The second kappa shape index (κ2) is 5.01. The third-order valence-corrected chi connectivity index (χ3v) is 2.49. The molecule has 98 valence electrons. The van der Waals surface area contributed by atoms with E-state index in [0.29, 0.717) is 0 Å². The lowest BCUT2D eigenvalue weighted by Crippen LogP contribution is -2.15. The van der Waals surface area contributed by atoms with Gasteiger partial charge in [0.1, 0.15) is 0 Å². The zero-order valence-electron chi connectivity index (χ0n) is 9.58. The summed E-state index contributed by atoms with van der Waals surface area (Å²) in [6.45, 7) is 0. The molecule has 19 heavy (non-hydrogen) atoms. The van der Waals surface area contributed by atoms with Crippen molar-refractivity contribution in [1.29, 1.82) is 0 Å². The molecule has 0 bridgehead atoms. The molecule has 0 saturated heterocycles. The summed E-state index contributed by atoms with van der Waals surface area (Å²) in [5.74, 6) is -5.13. The Bertz CT molecular complexity index is 644. The predicted molar refractivity (Wildman–Crippen MR) is 65.1 cm³/mol. The molecule has 6 heteroatoms. The minimum Gasteiger partial charge on any atom is -0.398 e. The number of hydrogen-bond acceptors (Lipinski definition) is 2. The largest absolute Gasteiger partial charge is 0.398 e. The molecule has 0 heterocycles. The van der Waals surface area contributed by atoms with Crippen LogP contribution in [0, 0.1) is 17.5 Å². The van der Waals surface area contributed by atoms with Gasteiger partial charge in [-0.2, -0.15) is 0 Å². The van der Waals surface area contributed by atoms with Gasteiger partial charge in [-0.3, -0.25) is 4.79 Å². The van der Waals surface area contributed by atoms with Crippen LogP contribution in [0.15, 0.2) is 36.4 Å². The van der Waals surface area contributed by atoms with Crippen LogP contribution in [-0.2, 0) is 0 Å². The number of nitrogens with one attached hydrogen (secondary N) is 1. The van der Waals surface area contributed by atoms with Gasteiger partial charge in [-0.1, -0.05) is 12.1 Å². The fourth-order valence-corrected chi connectivity index (χ4v) is 1.52. The number of carbonyl (C=O) groups excluding carboxylic acids is 1. The fraction of sp³-hybridized carbons (Fsp3) is 0. The summed E-state index contributed by atoms with van der Waals surface area (Å²) in [5, 5.41) is 2.13. The van der Waals surface area contributed by atoms with Crippen molar-refractivity contribution in [2.75, 3.05) is 11.1 Å². The molecule has 0 fully saturated rings. The average Bonchev–Trinajstić information content (AvgIpc) is 2.40. The van der Waals surface area contributed by atoms with E-state index in [1.165, 1.54) is 12.1 Å². The summed E-state index contributed by atoms with van der Waals surface area (Å²) in [7, 11) is 0. The summed E-state index contributed by atoms with van der Waals surface area (Å²) in [6.07, 6.45) is 0. The van der Waals surface area contributed by atoms with Gasteiger partial charge in [-0.05, 0) is 24.3 Å². The number of rotatable bonds is 2. The van der Waals surface area contributed by atoms with E-state index in [-0.39, 0.29) is 11.3 Å². The first-order valence-electron chi connectivity index (χ1n) is 5.30. The third-order valence-electron chi connectivity index (χ3n) is 2.49. The number of amides is 1. The van der Waals surface area contributed by atoms with E-state index in [1.54, 1.807) is 12.1 Å². The van der Waals surface area contributed by atoms with Crippen LogP contribution in [0.3, 0.4) is 0 Å². The Kier molecular flexibility index (Phi) is 3.41. The lowest BCUT2D eigenvalue weighted by molar-refractivity contribution is 0.102. The van der Waals surface area contributed by atoms with Crippen LogP contribution in [0.2, 0.25) is 0 Å². The number of hydrogen-bond donors (Lipinski definition) is 2. The summed E-state index contributed by atoms with van der Waals surface area (Å²) in [6, 6.07) is 7.79. The molecule has 1 amide bonds.